The summed E-state index contributed by atoms with van der Waals surface area (Å²) in [6.07, 6.45) is -2.83. The number of benzene rings is 2. The minimum Gasteiger partial charge on any atom is -0.449 e. The smallest absolute Gasteiger partial charge is 0.407 e. The second kappa shape index (κ2) is 9.03. The van der Waals surface area contributed by atoms with Crippen molar-refractivity contribution < 1.29 is 33.9 Å². The minimum absolute atomic E-state index is 0.0645. The van der Waals surface area contributed by atoms with Gasteiger partial charge >= 0.3 is 12.1 Å². The maximum atomic E-state index is 12.5. The Balaban J connectivity index is 1.41. The zero-order valence-corrected chi connectivity index (χ0v) is 18.2. The number of carbonyl (C=O) groups excluding carboxylic acids is 4. The van der Waals surface area contributed by atoms with Crippen molar-refractivity contribution in [2.45, 2.75) is 38.3 Å². The largest absolute Gasteiger partial charge is 0.449 e. The van der Waals surface area contributed by atoms with Gasteiger partial charge in [0.15, 0.2) is 0 Å². The molecule has 9 nitrogen and oxygen atoms in total. The molecule has 2 aliphatic rings. The van der Waals surface area contributed by atoms with Crippen molar-refractivity contribution in [3.8, 4) is 11.1 Å². The van der Waals surface area contributed by atoms with Crippen LogP contribution in [0.3, 0.4) is 0 Å². The van der Waals surface area contributed by atoms with Crippen LogP contribution in [-0.2, 0) is 24.0 Å². The maximum absolute atomic E-state index is 12.5. The number of aliphatic hydroxyl groups excluding tert-OH is 1. The lowest BCUT2D eigenvalue weighted by atomic mass is 9.98. The number of hydrogen-bond donors (Lipinski definition) is 2. The van der Waals surface area contributed by atoms with Crippen molar-refractivity contribution in [2.24, 2.45) is 5.92 Å². The van der Waals surface area contributed by atoms with Crippen molar-refractivity contribution in [3.63, 3.8) is 0 Å². The van der Waals surface area contributed by atoms with Crippen molar-refractivity contribution in [2.75, 3.05) is 6.61 Å². The first-order chi connectivity index (χ1) is 15.8. The van der Waals surface area contributed by atoms with Gasteiger partial charge in [-0.1, -0.05) is 67.4 Å². The van der Waals surface area contributed by atoms with E-state index in [9.17, 15) is 24.3 Å². The van der Waals surface area contributed by atoms with Gasteiger partial charge in [0.25, 0.3) is 11.8 Å². The third-order valence-corrected chi connectivity index (χ3v) is 5.80. The van der Waals surface area contributed by atoms with E-state index in [-0.39, 0.29) is 17.6 Å². The second-order valence-corrected chi connectivity index (χ2v) is 8.35. The van der Waals surface area contributed by atoms with E-state index >= 15 is 0 Å². The van der Waals surface area contributed by atoms with E-state index in [2.05, 4.69) is 5.32 Å². The Morgan fingerprint density at radius 3 is 2.15 bits per heavy atom. The fraction of sp³-hybridized carbons (Fsp3) is 0.333. The molecule has 2 atom stereocenters. The fourth-order valence-electron chi connectivity index (χ4n) is 4.10. The number of alkyl carbamates (subject to hydrolysis) is 1. The van der Waals surface area contributed by atoms with Crippen molar-refractivity contribution in [3.05, 3.63) is 59.7 Å². The molecule has 0 spiro atoms. The zero-order valence-electron chi connectivity index (χ0n) is 18.2. The Labute approximate surface area is 190 Å². The number of nitrogens with one attached hydrogen (secondary N) is 1. The van der Waals surface area contributed by atoms with E-state index in [1.165, 1.54) is 0 Å². The van der Waals surface area contributed by atoms with Gasteiger partial charge in [0.2, 0.25) is 0 Å². The van der Waals surface area contributed by atoms with Crippen LogP contribution in [-0.4, -0.2) is 52.8 Å². The number of amides is 3. The average Bonchev–Trinajstić information content (AvgIpc) is 3.24. The molecule has 0 aromatic heterocycles. The summed E-state index contributed by atoms with van der Waals surface area (Å²) in [6, 6.07) is 14.6. The normalized spacial score (nSPS) is 18.2. The summed E-state index contributed by atoms with van der Waals surface area (Å²) in [4.78, 5) is 53.5. The number of aliphatic hydroxyl groups is 1. The molecule has 4 rings (SSSR count). The van der Waals surface area contributed by atoms with Crippen LogP contribution in [0.2, 0.25) is 0 Å². The van der Waals surface area contributed by atoms with Crippen molar-refractivity contribution in [1.82, 2.24) is 10.4 Å². The maximum Gasteiger partial charge on any atom is 0.407 e. The molecule has 33 heavy (non-hydrogen) atoms. The predicted molar refractivity (Wildman–Crippen MR) is 115 cm³/mol. The first-order valence-corrected chi connectivity index (χ1v) is 10.7. The summed E-state index contributed by atoms with van der Waals surface area (Å²) in [5, 5.41) is 12.2. The zero-order chi connectivity index (χ0) is 23.7. The van der Waals surface area contributed by atoms with Gasteiger partial charge in [-0.15, -0.1) is 0 Å². The number of imide groups is 1. The Bertz CT molecular complexity index is 1070. The van der Waals surface area contributed by atoms with Crippen LogP contribution in [0.1, 0.15) is 37.3 Å². The van der Waals surface area contributed by atoms with Crippen LogP contribution in [0.25, 0.3) is 11.1 Å². The van der Waals surface area contributed by atoms with E-state index in [0.717, 1.165) is 22.3 Å². The lowest BCUT2D eigenvalue weighted by molar-refractivity contribution is -0.200. The number of nitrogens with zero attached hydrogens (tertiary/aromatic N) is 1. The molecule has 2 aromatic rings. The van der Waals surface area contributed by atoms with Gasteiger partial charge in [-0.05, 0) is 28.2 Å². The molecule has 9 heteroatoms. The highest BCUT2D eigenvalue weighted by Crippen LogP contribution is 2.44. The number of rotatable bonds is 6. The molecule has 0 bridgehead atoms. The van der Waals surface area contributed by atoms with Gasteiger partial charge in [-0.2, -0.15) is 0 Å². The molecule has 1 aliphatic carbocycles. The first-order valence-electron chi connectivity index (χ1n) is 10.7. The molecule has 0 radical (unpaired) electrons. The van der Waals surface area contributed by atoms with Gasteiger partial charge in [0, 0.05) is 5.92 Å². The Morgan fingerprint density at radius 2 is 1.64 bits per heavy atom. The molecule has 1 saturated heterocycles. The molecule has 1 aliphatic heterocycles. The Hall–Kier alpha value is -3.72. The van der Waals surface area contributed by atoms with Crippen LogP contribution in [0.5, 0.6) is 0 Å². The predicted octanol–water partition coefficient (Wildman–Crippen LogP) is 2.13. The molecule has 0 saturated carbocycles. The Morgan fingerprint density at radius 1 is 1.06 bits per heavy atom. The summed E-state index contributed by atoms with van der Waals surface area (Å²) in [7, 11) is 0. The highest BCUT2D eigenvalue weighted by molar-refractivity contribution is 6.04. The van der Waals surface area contributed by atoms with Crippen LogP contribution < -0.4 is 5.32 Å². The molecule has 1 fully saturated rings. The molecular formula is C24H24N2O7. The lowest BCUT2D eigenvalue weighted by Gasteiger charge is -2.23. The quantitative estimate of drug-likeness (QED) is 0.644. The first kappa shape index (κ1) is 22.5. The number of ether oxygens (including phenoxy) is 1. The Kier molecular flexibility index (Phi) is 6.15. The topological polar surface area (TPSA) is 122 Å². The summed E-state index contributed by atoms with van der Waals surface area (Å²) >= 11 is 0. The third-order valence-electron chi connectivity index (χ3n) is 5.80. The molecule has 1 heterocycles. The molecular weight excluding hydrogens is 428 g/mol. The van der Waals surface area contributed by atoms with Gasteiger partial charge in [-0.3, -0.25) is 9.59 Å². The molecule has 172 valence electrons. The van der Waals surface area contributed by atoms with Crippen LogP contribution in [0.4, 0.5) is 4.79 Å². The van der Waals surface area contributed by atoms with Crippen LogP contribution in [0, 0.1) is 5.92 Å². The summed E-state index contributed by atoms with van der Waals surface area (Å²) in [5.41, 5.74) is 4.28. The number of hydrogen-bond acceptors (Lipinski definition) is 7. The van der Waals surface area contributed by atoms with E-state index in [1.807, 2.05) is 48.5 Å². The van der Waals surface area contributed by atoms with Crippen LogP contribution in [0.15, 0.2) is 48.5 Å². The van der Waals surface area contributed by atoms with Gasteiger partial charge in [0.1, 0.15) is 18.8 Å². The van der Waals surface area contributed by atoms with Crippen molar-refractivity contribution >= 4 is 23.9 Å². The molecule has 1 unspecified atom stereocenters. The summed E-state index contributed by atoms with van der Waals surface area (Å²) in [6.45, 7) is 3.39. The van der Waals surface area contributed by atoms with E-state index in [0.29, 0.717) is 0 Å². The van der Waals surface area contributed by atoms with Gasteiger partial charge in [-0.25, -0.2) is 9.59 Å². The van der Waals surface area contributed by atoms with Gasteiger partial charge < -0.3 is 20.0 Å². The third kappa shape index (κ3) is 4.31. The summed E-state index contributed by atoms with van der Waals surface area (Å²) in [5.74, 6) is -3.42. The van der Waals surface area contributed by atoms with Crippen molar-refractivity contribution in [1.29, 1.82) is 0 Å². The van der Waals surface area contributed by atoms with Crippen LogP contribution >= 0.6 is 0 Å². The monoisotopic (exact) mass is 452 g/mol. The minimum atomic E-state index is -1.54. The fourth-order valence-corrected chi connectivity index (χ4v) is 4.10. The van der Waals surface area contributed by atoms with E-state index in [1.54, 1.807) is 13.8 Å². The average molecular weight is 452 g/mol. The molecule has 2 aromatic carbocycles. The van der Waals surface area contributed by atoms with E-state index in [4.69, 9.17) is 9.57 Å². The summed E-state index contributed by atoms with van der Waals surface area (Å²) < 4.78 is 5.45. The SMILES string of the molecule is CC(C)[C@H](NC(=O)OCC1c2ccccc2-c2ccccc21)C(=O)ON1C(=O)CC(O)C1=O. The van der Waals surface area contributed by atoms with E-state index < -0.39 is 48.4 Å². The second-order valence-electron chi connectivity index (χ2n) is 8.35. The molecule has 3 amide bonds. The number of fused-ring (bicyclic) bond motifs is 3. The number of hydroxylamine groups is 2. The lowest BCUT2D eigenvalue weighted by Crippen LogP contribution is -2.48. The van der Waals surface area contributed by atoms with Gasteiger partial charge in [0.05, 0.1) is 6.42 Å². The highest BCUT2D eigenvalue weighted by Gasteiger charge is 2.42. The standard InChI is InChI=1S/C24H24N2O7/c1-13(2)21(23(30)33-26-20(28)11-19(27)22(26)29)25-24(31)32-12-18-16-9-5-3-7-14(16)15-8-4-6-10-17(15)18/h3-10,13,18-19,21,27H,11-12H2,1-2H3,(H,25,31)/t19?,21-/m0/s1. The number of carbonyl (C=O) groups is 4. The highest BCUT2D eigenvalue weighted by atomic mass is 16.7. The molecule has 2 N–H and O–H groups in total.